The summed E-state index contributed by atoms with van der Waals surface area (Å²) < 4.78 is 1.18. The van der Waals surface area contributed by atoms with Gasteiger partial charge in [-0.15, -0.1) is 0 Å². The minimum atomic E-state index is 0.644. The molecule has 0 saturated heterocycles. The van der Waals surface area contributed by atoms with E-state index in [2.05, 4.69) is 52.3 Å². The van der Waals surface area contributed by atoms with E-state index in [1.54, 1.807) is 11.3 Å². The number of aryl methyl sites for hydroxylation is 1. The van der Waals surface area contributed by atoms with Crippen molar-refractivity contribution in [3.8, 4) is 0 Å². The monoisotopic (exact) mass is 295 g/mol. The van der Waals surface area contributed by atoms with Gasteiger partial charge < -0.3 is 10.6 Å². The zero-order chi connectivity index (χ0) is 14.2. The van der Waals surface area contributed by atoms with Crippen LogP contribution in [0.4, 0.5) is 10.8 Å². The van der Waals surface area contributed by atoms with Gasteiger partial charge in [0.05, 0.1) is 10.2 Å². The third-order valence-corrected chi connectivity index (χ3v) is 4.90. The van der Waals surface area contributed by atoms with E-state index >= 15 is 0 Å². The summed E-state index contributed by atoms with van der Waals surface area (Å²) in [5, 5.41) is 0.644. The predicted molar refractivity (Wildman–Crippen MR) is 89.8 cm³/mol. The Labute approximate surface area is 128 Å². The van der Waals surface area contributed by atoms with Crippen LogP contribution in [0, 0.1) is 0 Å². The number of thiazole rings is 1. The largest absolute Gasteiger partial charge is 0.375 e. The summed E-state index contributed by atoms with van der Waals surface area (Å²) in [6, 6.07) is 15.2. The van der Waals surface area contributed by atoms with Gasteiger partial charge in [0.15, 0.2) is 5.13 Å². The molecule has 2 heterocycles. The SMILES string of the molecule is Nc1nc2ccc(CN3CCCc4ccccc43)cc2s1. The van der Waals surface area contributed by atoms with Crippen LogP contribution in [0.25, 0.3) is 10.2 Å². The van der Waals surface area contributed by atoms with Gasteiger partial charge >= 0.3 is 0 Å². The lowest BCUT2D eigenvalue weighted by Crippen LogP contribution is -2.28. The van der Waals surface area contributed by atoms with Crippen LogP contribution in [0.5, 0.6) is 0 Å². The molecule has 0 atom stereocenters. The van der Waals surface area contributed by atoms with Crippen LogP contribution in [0.1, 0.15) is 17.5 Å². The second-order valence-corrected chi connectivity index (χ2v) is 6.57. The van der Waals surface area contributed by atoms with Crippen LogP contribution < -0.4 is 10.6 Å². The Morgan fingerprint density at radius 3 is 3.05 bits per heavy atom. The molecule has 0 aliphatic carbocycles. The molecule has 1 aliphatic rings. The molecule has 0 saturated carbocycles. The second kappa shape index (κ2) is 5.04. The summed E-state index contributed by atoms with van der Waals surface area (Å²) in [5.74, 6) is 0. The summed E-state index contributed by atoms with van der Waals surface area (Å²) in [6.07, 6.45) is 2.42. The molecule has 2 N–H and O–H groups in total. The molecule has 4 rings (SSSR count). The molecule has 1 aliphatic heterocycles. The molecule has 106 valence electrons. The van der Waals surface area contributed by atoms with E-state index in [4.69, 9.17) is 5.73 Å². The molecule has 4 heteroatoms. The van der Waals surface area contributed by atoms with Gasteiger partial charge in [-0.05, 0) is 42.2 Å². The number of aromatic nitrogens is 1. The van der Waals surface area contributed by atoms with Gasteiger partial charge in [-0.2, -0.15) is 0 Å². The number of rotatable bonds is 2. The second-order valence-electron chi connectivity index (χ2n) is 5.51. The van der Waals surface area contributed by atoms with Gasteiger partial charge in [0, 0.05) is 18.8 Å². The smallest absolute Gasteiger partial charge is 0.181 e. The van der Waals surface area contributed by atoms with Gasteiger partial charge in [0.25, 0.3) is 0 Å². The van der Waals surface area contributed by atoms with E-state index < -0.39 is 0 Å². The highest BCUT2D eigenvalue weighted by atomic mass is 32.1. The Balaban J connectivity index is 1.65. The maximum Gasteiger partial charge on any atom is 0.181 e. The number of hydrogen-bond acceptors (Lipinski definition) is 4. The summed E-state index contributed by atoms with van der Waals surface area (Å²) in [6.45, 7) is 2.07. The maximum atomic E-state index is 5.79. The highest BCUT2D eigenvalue weighted by Gasteiger charge is 2.16. The van der Waals surface area contributed by atoms with Crippen LogP contribution in [0.15, 0.2) is 42.5 Å². The van der Waals surface area contributed by atoms with Crippen molar-refractivity contribution < 1.29 is 0 Å². The quantitative estimate of drug-likeness (QED) is 0.781. The van der Waals surface area contributed by atoms with Gasteiger partial charge in [0.1, 0.15) is 0 Å². The molecule has 0 radical (unpaired) electrons. The van der Waals surface area contributed by atoms with Crippen molar-refractivity contribution in [2.24, 2.45) is 0 Å². The zero-order valence-electron chi connectivity index (χ0n) is 11.7. The van der Waals surface area contributed by atoms with E-state index in [1.807, 2.05) is 0 Å². The molecule has 3 aromatic rings. The fourth-order valence-electron chi connectivity index (χ4n) is 3.08. The Hall–Kier alpha value is -2.07. The third-order valence-electron chi connectivity index (χ3n) is 4.05. The van der Waals surface area contributed by atoms with Gasteiger partial charge in [-0.1, -0.05) is 35.6 Å². The summed E-state index contributed by atoms with van der Waals surface area (Å²) in [5.41, 5.74) is 11.0. The molecule has 0 amide bonds. The van der Waals surface area contributed by atoms with Crippen molar-refractivity contribution >= 4 is 32.4 Å². The molecule has 3 nitrogen and oxygen atoms in total. The number of nitrogen functional groups attached to an aromatic ring is 1. The Bertz CT molecular complexity index is 794. The lowest BCUT2D eigenvalue weighted by molar-refractivity contribution is 0.691. The molecule has 0 unspecified atom stereocenters. The van der Waals surface area contributed by atoms with E-state index in [9.17, 15) is 0 Å². The van der Waals surface area contributed by atoms with E-state index in [1.165, 1.54) is 34.4 Å². The van der Waals surface area contributed by atoms with Crippen LogP contribution in [0.2, 0.25) is 0 Å². The minimum absolute atomic E-state index is 0.644. The molecular formula is C17H17N3S. The first-order valence-corrected chi connectivity index (χ1v) is 8.09. The Kier molecular flexibility index (Phi) is 3.04. The first-order chi connectivity index (χ1) is 10.3. The van der Waals surface area contributed by atoms with Crippen molar-refractivity contribution in [1.82, 2.24) is 4.98 Å². The van der Waals surface area contributed by atoms with E-state index in [0.29, 0.717) is 5.13 Å². The average Bonchev–Trinajstić information content (AvgIpc) is 2.87. The molecule has 1 aromatic heterocycles. The summed E-state index contributed by atoms with van der Waals surface area (Å²) in [4.78, 5) is 6.80. The van der Waals surface area contributed by atoms with Crippen molar-refractivity contribution in [1.29, 1.82) is 0 Å². The van der Waals surface area contributed by atoms with Crippen molar-refractivity contribution in [2.45, 2.75) is 19.4 Å². The first-order valence-electron chi connectivity index (χ1n) is 7.27. The minimum Gasteiger partial charge on any atom is -0.375 e. The normalized spacial score (nSPS) is 14.4. The molecule has 0 spiro atoms. The molecular weight excluding hydrogens is 278 g/mol. The lowest BCUT2D eigenvalue weighted by atomic mass is 10.0. The van der Waals surface area contributed by atoms with E-state index in [0.717, 1.165) is 18.6 Å². The number of nitrogens with zero attached hydrogens (tertiary/aromatic N) is 2. The van der Waals surface area contributed by atoms with Crippen LogP contribution in [0.3, 0.4) is 0 Å². The van der Waals surface area contributed by atoms with Crippen molar-refractivity contribution in [3.05, 3.63) is 53.6 Å². The van der Waals surface area contributed by atoms with Gasteiger partial charge in [-0.25, -0.2) is 4.98 Å². The van der Waals surface area contributed by atoms with Crippen LogP contribution in [-0.4, -0.2) is 11.5 Å². The number of para-hydroxylation sites is 1. The van der Waals surface area contributed by atoms with Crippen LogP contribution >= 0.6 is 11.3 Å². The molecule has 0 fully saturated rings. The molecule has 21 heavy (non-hydrogen) atoms. The highest BCUT2D eigenvalue weighted by Crippen LogP contribution is 2.30. The van der Waals surface area contributed by atoms with Crippen molar-refractivity contribution in [2.75, 3.05) is 17.2 Å². The van der Waals surface area contributed by atoms with Crippen molar-refractivity contribution in [3.63, 3.8) is 0 Å². The van der Waals surface area contributed by atoms with E-state index in [-0.39, 0.29) is 0 Å². The fraction of sp³-hybridized carbons (Fsp3) is 0.235. The number of anilines is 2. The number of nitrogens with two attached hydrogens (primary N) is 1. The lowest BCUT2D eigenvalue weighted by Gasteiger charge is -2.31. The number of benzene rings is 2. The molecule has 2 aromatic carbocycles. The topological polar surface area (TPSA) is 42.1 Å². The van der Waals surface area contributed by atoms with Crippen LogP contribution in [-0.2, 0) is 13.0 Å². The van der Waals surface area contributed by atoms with Gasteiger partial charge in [-0.3, -0.25) is 0 Å². The Morgan fingerprint density at radius 2 is 2.10 bits per heavy atom. The Morgan fingerprint density at radius 1 is 1.19 bits per heavy atom. The fourth-order valence-corrected chi connectivity index (χ4v) is 3.88. The zero-order valence-corrected chi connectivity index (χ0v) is 12.6. The molecule has 0 bridgehead atoms. The highest BCUT2D eigenvalue weighted by molar-refractivity contribution is 7.22. The predicted octanol–water partition coefficient (Wildman–Crippen LogP) is 3.83. The third kappa shape index (κ3) is 2.36. The summed E-state index contributed by atoms with van der Waals surface area (Å²) in [7, 11) is 0. The standard InChI is InChI=1S/C17H17N3S/c18-17-19-14-8-7-12(10-16(14)21-17)11-20-9-3-5-13-4-1-2-6-15(13)20/h1-2,4,6-8,10H,3,5,9,11H2,(H2,18,19). The maximum absolute atomic E-state index is 5.79. The van der Waals surface area contributed by atoms with Gasteiger partial charge in [0.2, 0.25) is 0 Å². The summed E-state index contributed by atoms with van der Waals surface area (Å²) >= 11 is 1.56. The number of fused-ring (bicyclic) bond motifs is 2. The number of hydrogen-bond donors (Lipinski definition) is 1. The average molecular weight is 295 g/mol. The first kappa shape index (κ1) is 12.7.